The highest BCUT2D eigenvalue weighted by molar-refractivity contribution is 5.82. The molecule has 25 heavy (non-hydrogen) atoms. The van der Waals surface area contributed by atoms with E-state index in [0.29, 0.717) is 26.1 Å². The van der Waals surface area contributed by atoms with Gasteiger partial charge in [-0.3, -0.25) is 4.79 Å². The predicted molar refractivity (Wildman–Crippen MR) is 96.4 cm³/mol. The van der Waals surface area contributed by atoms with E-state index < -0.39 is 5.60 Å². The molecular weight excluding hydrogens is 320 g/mol. The van der Waals surface area contributed by atoms with Gasteiger partial charge >= 0.3 is 6.09 Å². The highest BCUT2D eigenvalue weighted by atomic mass is 16.6. The monoisotopic (exact) mass is 354 g/mol. The SMILES string of the molecule is CCC[C@]1(COC)CCCN1C(=O)[C@@H]1CCN(C(=O)OC(C)(C)C)C1. The summed E-state index contributed by atoms with van der Waals surface area (Å²) >= 11 is 0. The molecule has 0 aromatic heterocycles. The molecular formula is C19H34N2O4. The van der Waals surface area contributed by atoms with Gasteiger partial charge in [0.05, 0.1) is 18.1 Å². The van der Waals surface area contributed by atoms with Gasteiger partial charge in [0.2, 0.25) is 5.91 Å². The first-order valence-electron chi connectivity index (χ1n) is 9.51. The Morgan fingerprint density at radius 2 is 1.96 bits per heavy atom. The first kappa shape index (κ1) is 20.0. The zero-order chi connectivity index (χ0) is 18.7. The number of ether oxygens (including phenoxy) is 2. The quantitative estimate of drug-likeness (QED) is 0.761. The Morgan fingerprint density at radius 3 is 2.56 bits per heavy atom. The van der Waals surface area contributed by atoms with Crippen LogP contribution in [0.2, 0.25) is 0 Å². The molecule has 2 amide bonds. The van der Waals surface area contributed by atoms with Crippen LogP contribution in [0.25, 0.3) is 0 Å². The molecule has 0 aromatic carbocycles. The lowest BCUT2D eigenvalue weighted by molar-refractivity contribution is -0.141. The van der Waals surface area contributed by atoms with Crippen LogP contribution in [0.1, 0.15) is 59.8 Å². The highest BCUT2D eigenvalue weighted by Gasteiger charge is 2.46. The summed E-state index contributed by atoms with van der Waals surface area (Å²) < 4.78 is 10.9. The maximum atomic E-state index is 13.2. The van der Waals surface area contributed by atoms with E-state index in [0.717, 1.165) is 32.2 Å². The van der Waals surface area contributed by atoms with Gasteiger partial charge in [-0.25, -0.2) is 4.79 Å². The maximum Gasteiger partial charge on any atom is 0.410 e. The third-order valence-electron chi connectivity index (χ3n) is 5.18. The Labute approximate surface area is 151 Å². The van der Waals surface area contributed by atoms with Crippen molar-refractivity contribution >= 4 is 12.0 Å². The van der Waals surface area contributed by atoms with E-state index in [1.807, 2.05) is 25.7 Å². The molecule has 2 fully saturated rings. The fourth-order valence-electron chi connectivity index (χ4n) is 4.17. The first-order valence-corrected chi connectivity index (χ1v) is 9.51. The maximum absolute atomic E-state index is 13.2. The second-order valence-corrected chi connectivity index (χ2v) is 8.41. The molecule has 0 bridgehead atoms. The van der Waals surface area contributed by atoms with Crippen LogP contribution in [0, 0.1) is 5.92 Å². The van der Waals surface area contributed by atoms with Crippen LogP contribution in [-0.4, -0.2) is 66.3 Å². The molecule has 0 N–H and O–H groups in total. The van der Waals surface area contributed by atoms with Gasteiger partial charge in [0.25, 0.3) is 0 Å². The number of carbonyl (C=O) groups excluding carboxylic acids is 2. The summed E-state index contributed by atoms with van der Waals surface area (Å²) in [7, 11) is 1.71. The molecule has 0 spiro atoms. The summed E-state index contributed by atoms with van der Waals surface area (Å²) in [5, 5.41) is 0. The lowest BCUT2D eigenvalue weighted by atomic mass is 9.90. The van der Waals surface area contributed by atoms with Crippen molar-refractivity contribution in [1.29, 1.82) is 0 Å². The number of hydrogen-bond acceptors (Lipinski definition) is 4. The second-order valence-electron chi connectivity index (χ2n) is 8.41. The molecule has 0 saturated carbocycles. The van der Waals surface area contributed by atoms with Crippen molar-refractivity contribution in [3.05, 3.63) is 0 Å². The Hall–Kier alpha value is -1.30. The minimum absolute atomic E-state index is 0.126. The van der Waals surface area contributed by atoms with Crippen LogP contribution in [-0.2, 0) is 14.3 Å². The van der Waals surface area contributed by atoms with Gasteiger partial charge in [0.15, 0.2) is 0 Å². The minimum Gasteiger partial charge on any atom is -0.444 e. The van der Waals surface area contributed by atoms with E-state index in [-0.39, 0.29) is 23.5 Å². The third kappa shape index (κ3) is 4.66. The number of rotatable bonds is 5. The molecule has 0 radical (unpaired) electrons. The number of carbonyl (C=O) groups is 2. The van der Waals surface area contributed by atoms with E-state index in [1.54, 1.807) is 12.0 Å². The molecule has 0 aromatic rings. The van der Waals surface area contributed by atoms with E-state index in [9.17, 15) is 9.59 Å². The average Bonchev–Trinajstić information content (AvgIpc) is 3.13. The molecule has 2 aliphatic heterocycles. The Morgan fingerprint density at radius 1 is 1.24 bits per heavy atom. The summed E-state index contributed by atoms with van der Waals surface area (Å²) in [6.45, 7) is 10.2. The Bertz CT molecular complexity index is 480. The third-order valence-corrected chi connectivity index (χ3v) is 5.18. The van der Waals surface area contributed by atoms with Crippen molar-refractivity contribution in [1.82, 2.24) is 9.80 Å². The molecule has 2 saturated heterocycles. The van der Waals surface area contributed by atoms with Crippen LogP contribution in [0.15, 0.2) is 0 Å². The highest BCUT2D eigenvalue weighted by Crippen LogP contribution is 2.36. The molecule has 144 valence electrons. The normalized spacial score (nSPS) is 27.0. The van der Waals surface area contributed by atoms with Crippen molar-refractivity contribution in [3.63, 3.8) is 0 Å². The number of methoxy groups -OCH3 is 1. The topological polar surface area (TPSA) is 59.1 Å². The standard InChI is InChI=1S/C19H34N2O4/c1-6-9-19(14-24-5)10-7-11-21(19)16(22)15-8-12-20(13-15)17(23)25-18(2,3)4/h15H,6-14H2,1-5H3/t15-,19-/m1/s1. The van der Waals surface area contributed by atoms with Gasteiger partial charge in [0, 0.05) is 26.7 Å². The van der Waals surface area contributed by atoms with E-state index in [4.69, 9.17) is 9.47 Å². The molecule has 6 nitrogen and oxygen atoms in total. The zero-order valence-corrected chi connectivity index (χ0v) is 16.5. The molecule has 0 unspecified atom stereocenters. The minimum atomic E-state index is -0.511. The van der Waals surface area contributed by atoms with Crippen LogP contribution in [0.5, 0.6) is 0 Å². The summed E-state index contributed by atoms with van der Waals surface area (Å²) in [4.78, 5) is 29.1. The second kappa shape index (κ2) is 7.94. The molecule has 2 heterocycles. The van der Waals surface area contributed by atoms with E-state index in [1.165, 1.54) is 0 Å². The van der Waals surface area contributed by atoms with Crippen molar-refractivity contribution in [2.45, 2.75) is 70.9 Å². The first-order chi connectivity index (χ1) is 11.7. The van der Waals surface area contributed by atoms with E-state index >= 15 is 0 Å². The van der Waals surface area contributed by atoms with Crippen molar-refractivity contribution in [2.24, 2.45) is 5.92 Å². The molecule has 2 aliphatic rings. The van der Waals surface area contributed by atoms with Gasteiger partial charge in [-0.1, -0.05) is 13.3 Å². The average molecular weight is 354 g/mol. The fraction of sp³-hybridized carbons (Fsp3) is 0.895. The van der Waals surface area contributed by atoms with Crippen molar-refractivity contribution in [3.8, 4) is 0 Å². The summed E-state index contributed by atoms with van der Waals surface area (Å²) in [6.07, 6.45) is 4.42. The summed E-state index contributed by atoms with van der Waals surface area (Å²) in [5.41, 5.74) is -0.678. The van der Waals surface area contributed by atoms with Crippen LogP contribution in [0.3, 0.4) is 0 Å². The molecule has 6 heteroatoms. The van der Waals surface area contributed by atoms with Gasteiger partial charge < -0.3 is 19.3 Å². The molecule has 0 aliphatic carbocycles. The number of nitrogens with zero attached hydrogens (tertiary/aromatic N) is 2. The molecule has 2 rings (SSSR count). The van der Waals surface area contributed by atoms with Gasteiger partial charge in [-0.15, -0.1) is 0 Å². The number of hydrogen-bond donors (Lipinski definition) is 0. The molecule has 2 atom stereocenters. The zero-order valence-electron chi connectivity index (χ0n) is 16.5. The van der Waals surface area contributed by atoms with Crippen molar-refractivity contribution < 1.29 is 19.1 Å². The van der Waals surface area contributed by atoms with Gasteiger partial charge in [-0.2, -0.15) is 0 Å². The fourth-order valence-corrected chi connectivity index (χ4v) is 4.17. The summed E-state index contributed by atoms with van der Waals surface area (Å²) in [5.74, 6) is 0.0489. The lowest BCUT2D eigenvalue weighted by Crippen LogP contribution is -2.52. The lowest BCUT2D eigenvalue weighted by Gasteiger charge is -2.39. The Kier molecular flexibility index (Phi) is 6.35. The van der Waals surface area contributed by atoms with Gasteiger partial charge in [-0.05, 0) is 46.5 Å². The smallest absolute Gasteiger partial charge is 0.410 e. The summed E-state index contributed by atoms with van der Waals surface area (Å²) in [6, 6.07) is 0. The largest absolute Gasteiger partial charge is 0.444 e. The number of likely N-dealkylation sites (tertiary alicyclic amines) is 2. The van der Waals surface area contributed by atoms with Gasteiger partial charge in [0.1, 0.15) is 5.60 Å². The van der Waals surface area contributed by atoms with Crippen LogP contribution in [0.4, 0.5) is 4.79 Å². The van der Waals surface area contributed by atoms with Crippen molar-refractivity contribution in [2.75, 3.05) is 33.4 Å². The number of amides is 2. The predicted octanol–water partition coefficient (Wildman–Crippen LogP) is 3.05. The van der Waals surface area contributed by atoms with Crippen LogP contribution >= 0.6 is 0 Å². The van der Waals surface area contributed by atoms with E-state index in [2.05, 4.69) is 6.92 Å². The Balaban J connectivity index is 2.02. The van der Waals surface area contributed by atoms with Crippen LogP contribution < -0.4 is 0 Å².